The summed E-state index contributed by atoms with van der Waals surface area (Å²) in [6.45, 7) is 4.11. The van der Waals surface area contributed by atoms with E-state index in [1.165, 1.54) is 6.92 Å². The van der Waals surface area contributed by atoms with Crippen LogP contribution in [0.1, 0.15) is 20.8 Å². The molecule has 0 aliphatic heterocycles. The highest BCUT2D eigenvalue weighted by Crippen LogP contribution is 2.17. The summed E-state index contributed by atoms with van der Waals surface area (Å²) >= 11 is 0. The molecule has 8 nitrogen and oxygen atoms in total. The van der Waals surface area contributed by atoms with Crippen LogP contribution in [0.5, 0.6) is 0 Å². The summed E-state index contributed by atoms with van der Waals surface area (Å²) in [5, 5.41) is 38.3. The molecule has 2 unspecified atom stereocenters. The van der Waals surface area contributed by atoms with Gasteiger partial charge in [-0.3, -0.25) is 0 Å². The highest BCUT2D eigenvalue weighted by molar-refractivity contribution is 7.83. The Morgan fingerprint density at radius 2 is 1.53 bits per heavy atom. The van der Waals surface area contributed by atoms with Crippen LogP contribution >= 0.6 is 0 Å². The minimum Gasteiger partial charge on any atom is -0.735 e. The molecule has 0 saturated heterocycles. The van der Waals surface area contributed by atoms with E-state index in [1.807, 2.05) is 0 Å². The predicted octanol–water partition coefficient (Wildman–Crippen LogP) is -2.23. The third-order valence-corrected chi connectivity index (χ3v) is 3.48. The summed E-state index contributed by atoms with van der Waals surface area (Å²) in [4.78, 5) is 0. The molecule has 116 valence electrons. The van der Waals surface area contributed by atoms with Crippen LogP contribution < -0.4 is 4.72 Å². The summed E-state index contributed by atoms with van der Waals surface area (Å²) in [5.74, 6) is -1.20. The van der Waals surface area contributed by atoms with Crippen LogP contribution in [0.2, 0.25) is 0 Å². The Bertz CT molecular complexity index is 359. The molecule has 0 aromatic heterocycles. The molecule has 0 radical (unpaired) electrons. The van der Waals surface area contributed by atoms with Gasteiger partial charge in [-0.1, -0.05) is 20.8 Å². The molecule has 0 bridgehead atoms. The first-order chi connectivity index (χ1) is 8.51. The molecule has 0 rings (SSSR count). The maximum atomic E-state index is 10.7. The third-order valence-electron chi connectivity index (χ3n) is 2.92. The molecule has 0 aromatic carbocycles. The van der Waals surface area contributed by atoms with Crippen LogP contribution in [0.4, 0.5) is 0 Å². The maximum absolute atomic E-state index is 10.7. The van der Waals surface area contributed by atoms with E-state index in [9.17, 15) is 28.3 Å². The summed E-state index contributed by atoms with van der Waals surface area (Å²) < 4.78 is 33.7. The number of nitrogens with one attached hydrogen (secondary N) is 1. The molecular weight excluding hydrogens is 278 g/mol. The number of hydrogen-bond donors (Lipinski definition) is 5. The van der Waals surface area contributed by atoms with Crippen LogP contribution in [0.3, 0.4) is 0 Å². The summed E-state index contributed by atoms with van der Waals surface area (Å²) in [5.41, 5.74) is 0. The lowest BCUT2D eigenvalue weighted by Crippen LogP contribution is -2.57. The second-order valence-corrected chi connectivity index (χ2v) is 6.12. The van der Waals surface area contributed by atoms with Gasteiger partial charge < -0.3 is 25.0 Å². The van der Waals surface area contributed by atoms with Gasteiger partial charge in [-0.15, -0.1) is 0 Å². The molecule has 5 N–H and O–H groups in total. The first kappa shape index (κ1) is 18.7. The summed E-state index contributed by atoms with van der Waals surface area (Å²) in [7, 11) is -4.91. The average Bonchev–Trinajstić information content (AvgIpc) is 2.30. The van der Waals surface area contributed by atoms with Gasteiger partial charge in [0.15, 0.2) is 10.3 Å². The fourth-order valence-corrected chi connectivity index (χ4v) is 2.19. The van der Waals surface area contributed by atoms with E-state index in [0.29, 0.717) is 0 Å². The Labute approximate surface area is 113 Å². The van der Waals surface area contributed by atoms with Crippen molar-refractivity contribution in [3.05, 3.63) is 0 Å². The van der Waals surface area contributed by atoms with Gasteiger partial charge in [0.05, 0.1) is 24.4 Å². The standard InChI is InChI=1S/C10H23NO7S/c1-5(2)8(13)7(11-19(16,17)18)10(15)9(14)6(3)4-12/h5-15H,4H2,1-3H3,(H,16,17,18)/p-1/t6?,7?,8-,9+,10-/m0/s1. The van der Waals surface area contributed by atoms with Crippen molar-refractivity contribution in [1.82, 2.24) is 4.72 Å². The highest BCUT2D eigenvalue weighted by atomic mass is 32.2. The van der Waals surface area contributed by atoms with Crippen LogP contribution in [-0.4, -0.2) is 64.4 Å². The maximum Gasteiger partial charge on any atom is 0.159 e. The lowest BCUT2D eigenvalue weighted by Gasteiger charge is -2.35. The fourth-order valence-electron chi connectivity index (χ4n) is 1.58. The van der Waals surface area contributed by atoms with Crippen molar-refractivity contribution in [2.75, 3.05) is 6.61 Å². The van der Waals surface area contributed by atoms with Crippen LogP contribution in [-0.2, 0) is 10.3 Å². The minimum absolute atomic E-state index is 0.438. The van der Waals surface area contributed by atoms with E-state index < -0.39 is 53.1 Å². The molecule has 5 atom stereocenters. The number of hydrogen-bond acceptors (Lipinski definition) is 7. The molecule has 0 saturated carbocycles. The smallest absolute Gasteiger partial charge is 0.159 e. The van der Waals surface area contributed by atoms with Crippen LogP contribution in [0, 0.1) is 11.8 Å². The number of rotatable bonds is 8. The Kier molecular flexibility index (Phi) is 7.37. The zero-order valence-electron chi connectivity index (χ0n) is 11.1. The van der Waals surface area contributed by atoms with Crippen molar-refractivity contribution in [2.45, 2.75) is 45.1 Å². The Morgan fingerprint density at radius 3 is 1.84 bits per heavy atom. The first-order valence-electron chi connectivity index (χ1n) is 5.89. The van der Waals surface area contributed by atoms with E-state index in [2.05, 4.69) is 0 Å². The summed E-state index contributed by atoms with van der Waals surface area (Å²) in [6.07, 6.45) is -4.57. The Morgan fingerprint density at radius 1 is 1.05 bits per heavy atom. The lowest BCUT2D eigenvalue weighted by molar-refractivity contribution is -0.0695. The quantitative estimate of drug-likeness (QED) is 0.318. The number of aliphatic hydroxyl groups is 4. The molecule has 9 heteroatoms. The number of aliphatic hydroxyl groups excluding tert-OH is 4. The predicted molar refractivity (Wildman–Crippen MR) is 65.7 cm³/mol. The van der Waals surface area contributed by atoms with E-state index in [4.69, 9.17) is 5.11 Å². The second kappa shape index (κ2) is 7.48. The van der Waals surface area contributed by atoms with Gasteiger partial charge in [0.1, 0.15) is 0 Å². The van der Waals surface area contributed by atoms with Gasteiger partial charge in [-0.2, -0.15) is 0 Å². The van der Waals surface area contributed by atoms with Crippen molar-refractivity contribution < 1.29 is 33.4 Å². The molecule has 0 amide bonds. The van der Waals surface area contributed by atoms with Crippen LogP contribution in [0.25, 0.3) is 0 Å². The fraction of sp³-hybridized carbons (Fsp3) is 1.00. The van der Waals surface area contributed by atoms with E-state index in [-0.39, 0.29) is 0 Å². The topological polar surface area (TPSA) is 150 Å². The summed E-state index contributed by atoms with van der Waals surface area (Å²) in [6, 6.07) is -1.55. The van der Waals surface area contributed by atoms with Gasteiger partial charge in [0.2, 0.25) is 0 Å². The van der Waals surface area contributed by atoms with Crippen molar-refractivity contribution >= 4 is 10.3 Å². The highest BCUT2D eigenvalue weighted by Gasteiger charge is 2.36. The first-order valence-corrected chi connectivity index (χ1v) is 7.30. The molecule has 0 heterocycles. The second-order valence-electron chi connectivity index (χ2n) is 4.97. The molecule has 0 aliphatic carbocycles. The van der Waals surface area contributed by atoms with Crippen molar-refractivity contribution in [3.8, 4) is 0 Å². The monoisotopic (exact) mass is 300 g/mol. The van der Waals surface area contributed by atoms with Crippen LogP contribution in [0.15, 0.2) is 0 Å². The average molecular weight is 300 g/mol. The molecular formula is C10H22NO7S-. The van der Waals surface area contributed by atoms with Crippen molar-refractivity contribution in [3.63, 3.8) is 0 Å². The van der Waals surface area contributed by atoms with Gasteiger partial charge in [-0.25, -0.2) is 13.1 Å². The van der Waals surface area contributed by atoms with Crippen molar-refractivity contribution in [2.24, 2.45) is 11.8 Å². The van der Waals surface area contributed by atoms with Gasteiger partial charge in [-0.05, 0) is 5.92 Å². The van der Waals surface area contributed by atoms with E-state index >= 15 is 0 Å². The zero-order valence-corrected chi connectivity index (χ0v) is 11.9. The minimum atomic E-state index is -4.91. The van der Waals surface area contributed by atoms with Gasteiger partial charge in [0, 0.05) is 12.5 Å². The SMILES string of the molecule is CC(C)[C@H](O)C(NS(=O)(=O)[O-])[C@H](O)[C@H](O)C(C)CO. The lowest BCUT2D eigenvalue weighted by atomic mass is 9.89. The third kappa shape index (κ3) is 6.13. The molecule has 19 heavy (non-hydrogen) atoms. The largest absolute Gasteiger partial charge is 0.735 e. The normalized spacial score (nSPS) is 20.9. The van der Waals surface area contributed by atoms with E-state index in [1.54, 1.807) is 18.6 Å². The molecule has 0 fully saturated rings. The Balaban J connectivity index is 5.12. The Hall–Kier alpha value is -0.290. The van der Waals surface area contributed by atoms with Gasteiger partial charge >= 0.3 is 0 Å². The molecule has 0 spiro atoms. The van der Waals surface area contributed by atoms with E-state index in [0.717, 1.165) is 0 Å². The molecule has 0 aromatic rings. The van der Waals surface area contributed by atoms with Crippen molar-refractivity contribution in [1.29, 1.82) is 0 Å². The molecule has 0 aliphatic rings. The zero-order chi connectivity index (χ0) is 15.4. The van der Waals surface area contributed by atoms with Gasteiger partial charge in [0.25, 0.3) is 0 Å².